The molecule has 0 aromatic heterocycles. The van der Waals surface area contributed by atoms with Crippen LogP contribution in [0.2, 0.25) is 0 Å². The number of hydrogen-bond acceptors (Lipinski definition) is 2. The summed E-state index contributed by atoms with van der Waals surface area (Å²) < 4.78 is 0. The van der Waals surface area contributed by atoms with Crippen molar-refractivity contribution in [1.29, 1.82) is 0 Å². The number of para-hydroxylation sites is 2. The molecule has 0 fully saturated rings. The van der Waals surface area contributed by atoms with E-state index in [1.54, 1.807) is 0 Å². The predicted octanol–water partition coefficient (Wildman–Crippen LogP) is 16.4. The zero-order valence-electron chi connectivity index (χ0n) is 32.8. The highest BCUT2D eigenvalue weighted by Crippen LogP contribution is 2.44. The molecular weight excluding hydrogens is 701 g/mol. The fraction of sp³-hybridized carbons (Fsp3) is 0.0357. The zero-order valence-corrected chi connectivity index (χ0v) is 32.8. The van der Waals surface area contributed by atoms with Gasteiger partial charge in [-0.2, -0.15) is 0 Å². The standard InChI is InChI=1S/C54H38N2.C2H6/c1-5-15-39(16-6-1)41-25-29-45(30-26-41)55(43-19-9-3-10-20-43)47-33-35-51-52-36-34-48(38-54(52)50-24-14-13-23-49(50)53(51)37-47)56(44-21-11-4-12-22-44)46-31-27-42(28-32-46)40-17-7-2-8-18-40;1-2/h1-38H;1-2H3. The first-order chi connectivity index (χ1) is 28.8. The fourth-order valence-electron chi connectivity index (χ4n) is 8.13. The Hall–Kier alpha value is -7.42. The third-order valence-corrected chi connectivity index (χ3v) is 10.8. The second-order valence-electron chi connectivity index (χ2n) is 14.2. The molecule has 0 aliphatic rings. The number of benzene rings is 10. The molecule has 0 aliphatic carbocycles. The summed E-state index contributed by atoms with van der Waals surface area (Å²) in [6.45, 7) is 4.00. The van der Waals surface area contributed by atoms with Crippen molar-refractivity contribution in [1.82, 2.24) is 0 Å². The lowest BCUT2D eigenvalue weighted by molar-refractivity contribution is 1.29. The van der Waals surface area contributed by atoms with Crippen LogP contribution in [0.25, 0.3) is 54.6 Å². The quantitative estimate of drug-likeness (QED) is 0.143. The molecule has 0 atom stereocenters. The zero-order chi connectivity index (χ0) is 39.3. The summed E-state index contributed by atoms with van der Waals surface area (Å²) in [6, 6.07) is 83.0. The van der Waals surface area contributed by atoms with Crippen molar-refractivity contribution < 1.29 is 0 Å². The Labute approximate surface area is 341 Å². The van der Waals surface area contributed by atoms with E-state index in [1.807, 2.05) is 13.8 Å². The van der Waals surface area contributed by atoms with E-state index in [-0.39, 0.29) is 0 Å². The summed E-state index contributed by atoms with van der Waals surface area (Å²) in [4.78, 5) is 4.72. The van der Waals surface area contributed by atoms with Gasteiger partial charge in [0.25, 0.3) is 0 Å². The number of fused-ring (bicyclic) bond motifs is 6. The molecular formula is C56H44N2. The first kappa shape index (κ1) is 36.2. The predicted molar refractivity (Wildman–Crippen MR) is 251 cm³/mol. The first-order valence-corrected chi connectivity index (χ1v) is 20.2. The van der Waals surface area contributed by atoms with Gasteiger partial charge in [-0.1, -0.05) is 172 Å². The summed E-state index contributed by atoms with van der Waals surface area (Å²) in [6.07, 6.45) is 0. The van der Waals surface area contributed by atoms with Crippen molar-refractivity contribution in [2.24, 2.45) is 0 Å². The van der Waals surface area contributed by atoms with Gasteiger partial charge in [-0.05, 0) is 127 Å². The monoisotopic (exact) mass is 744 g/mol. The van der Waals surface area contributed by atoms with Crippen LogP contribution in [-0.2, 0) is 0 Å². The van der Waals surface area contributed by atoms with Crippen LogP contribution >= 0.6 is 0 Å². The van der Waals surface area contributed by atoms with Crippen LogP contribution in [0.15, 0.2) is 231 Å². The largest absolute Gasteiger partial charge is 0.310 e. The Morgan fingerprint density at radius 3 is 0.828 bits per heavy atom. The third-order valence-electron chi connectivity index (χ3n) is 10.8. The average Bonchev–Trinajstić information content (AvgIpc) is 3.32. The highest BCUT2D eigenvalue weighted by molar-refractivity contribution is 6.26. The number of anilines is 6. The molecule has 0 aliphatic heterocycles. The molecule has 0 saturated heterocycles. The maximum absolute atomic E-state index is 2.37. The maximum atomic E-state index is 2.37. The molecule has 0 amide bonds. The molecule has 0 radical (unpaired) electrons. The minimum Gasteiger partial charge on any atom is -0.310 e. The Balaban J connectivity index is 0.00000215. The molecule has 10 aromatic rings. The Morgan fingerprint density at radius 2 is 0.466 bits per heavy atom. The highest BCUT2D eigenvalue weighted by atomic mass is 15.1. The van der Waals surface area contributed by atoms with Gasteiger partial charge in [0, 0.05) is 34.1 Å². The lowest BCUT2D eigenvalue weighted by atomic mass is 9.93. The van der Waals surface area contributed by atoms with Gasteiger partial charge in [-0.3, -0.25) is 0 Å². The lowest BCUT2D eigenvalue weighted by Gasteiger charge is -2.27. The van der Waals surface area contributed by atoms with Gasteiger partial charge in [0.1, 0.15) is 0 Å². The number of nitrogens with zero attached hydrogens (tertiary/aromatic N) is 2. The van der Waals surface area contributed by atoms with Crippen LogP contribution in [0.4, 0.5) is 34.1 Å². The molecule has 0 N–H and O–H groups in total. The highest BCUT2D eigenvalue weighted by Gasteiger charge is 2.18. The number of rotatable bonds is 8. The molecule has 10 rings (SSSR count). The van der Waals surface area contributed by atoms with E-state index in [9.17, 15) is 0 Å². The second kappa shape index (κ2) is 16.4. The minimum atomic E-state index is 1.11. The lowest BCUT2D eigenvalue weighted by Crippen LogP contribution is -2.10. The van der Waals surface area contributed by atoms with Gasteiger partial charge in [-0.25, -0.2) is 0 Å². The van der Waals surface area contributed by atoms with Crippen LogP contribution in [0.1, 0.15) is 13.8 Å². The van der Waals surface area contributed by atoms with E-state index in [1.165, 1.54) is 54.6 Å². The van der Waals surface area contributed by atoms with Gasteiger partial charge >= 0.3 is 0 Å². The molecule has 58 heavy (non-hydrogen) atoms. The molecule has 0 heterocycles. The van der Waals surface area contributed by atoms with Crippen molar-refractivity contribution in [3.05, 3.63) is 231 Å². The van der Waals surface area contributed by atoms with E-state index >= 15 is 0 Å². The van der Waals surface area contributed by atoms with Crippen molar-refractivity contribution in [3.8, 4) is 22.3 Å². The van der Waals surface area contributed by atoms with Crippen LogP contribution in [0.3, 0.4) is 0 Å². The summed E-state index contributed by atoms with van der Waals surface area (Å²) in [5, 5.41) is 7.41. The van der Waals surface area contributed by atoms with E-state index in [4.69, 9.17) is 0 Å². The van der Waals surface area contributed by atoms with Gasteiger partial charge in [0.05, 0.1) is 0 Å². The summed E-state index contributed by atoms with van der Waals surface area (Å²) in [7, 11) is 0. The smallest absolute Gasteiger partial charge is 0.0468 e. The van der Waals surface area contributed by atoms with E-state index in [2.05, 4.69) is 240 Å². The van der Waals surface area contributed by atoms with Crippen molar-refractivity contribution in [3.63, 3.8) is 0 Å². The van der Waals surface area contributed by atoms with Gasteiger partial charge in [0.2, 0.25) is 0 Å². The Kier molecular flexibility index (Phi) is 10.2. The first-order valence-electron chi connectivity index (χ1n) is 20.2. The Morgan fingerprint density at radius 1 is 0.207 bits per heavy atom. The van der Waals surface area contributed by atoms with Crippen LogP contribution < -0.4 is 9.80 Å². The van der Waals surface area contributed by atoms with E-state index in [0.717, 1.165) is 34.1 Å². The molecule has 0 bridgehead atoms. The topological polar surface area (TPSA) is 6.48 Å². The van der Waals surface area contributed by atoms with Crippen molar-refractivity contribution >= 4 is 66.4 Å². The van der Waals surface area contributed by atoms with Gasteiger partial charge in [0.15, 0.2) is 0 Å². The maximum Gasteiger partial charge on any atom is 0.0468 e. The number of hydrogen-bond donors (Lipinski definition) is 0. The minimum absolute atomic E-state index is 1.11. The summed E-state index contributed by atoms with van der Waals surface area (Å²) in [5.41, 5.74) is 11.5. The van der Waals surface area contributed by atoms with Crippen molar-refractivity contribution in [2.45, 2.75) is 13.8 Å². The molecule has 0 saturated carbocycles. The van der Waals surface area contributed by atoms with Crippen LogP contribution in [-0.4, -0.2) is 0 Å². The molecule has 2 heteroatoms. The van der Waals surface area contributed by atoms with Gasteiger partial charge in [-0.15, -0.1) is 0 Å². The van der Waals surface area contributed by atoms with Crippen LogP contribution in [0.5, 0.6) is 0 Å². The van der Waals surface area contributed by atoms with Crippen molar-refractivity contribution in [2.75, 3.05) is 9.80 Å². The van der Waals surface area contributed by atoms with E-state index < -0.39 is 0 Å². The third kappa shape index (κ3) is 6.97. The molecule has 10 aromatic carbocycles. The van der Waals surface area contributed by atoms with Gasteiger partial charge < -0.3 is 9.80 Å². The molecule has 0 spiro atoms. The van der Waals surface area contributed by atoms with E-state index in [0.29, 0.717) is 0 Å². The normalized spacial score (nSPS) is 10.9. The molecule has 0 unspecified atom stereocenters. The summed E-state index contributed by atoms with van der Waals surface area (Å²) in [5.74, 6) is 0. The fourth-order valence-corrected chi connectivity index (χ4v) is 8.13. The summed E-state index contributed by atoms with van der Waals surface area (Å²) >= 11 is 0. The average molecular weight is 745 g/mol. The second-order valence-corrected chi connectivity index (χ2v) is 14.2. The van der Waals surface area contributed by atoms with Crippen LogP contribution in [0, 0.1) is 0 Å². The molecule has 2 nitrogen and oxygen atoms in total. The Bertz CT molecular complexity index is 2700. The SMILES string of the molecule is CC.c1ccc(-c2ccc(N(c3ccccc3)c3ccc4c5ccc(N(c6ccccc6)c6ccc(-c7ccccc7)cc6)cc5c5ccccc5c4c3)cc2)cc1. The molecule has 278 valence electrons.